The Morgan fingerprint density at radius 2 is 1.59 bits per heavy atom. The summed E-state index contributed by atoms with van der Waals surface area (Å²) in [5.41, 5.74) is 4.12. The van der Waals surface area contributed by atoms with E-state index < -0.39 is 5.97 Å². The van der Waals surface area contributed by atoms with Crippen LogP contribution in [0.5, 0.6) is 5.75 Å². The minimum absolute atomic E-state index is 0.406. The maximum absolute atomic E-state index is 12.3. The average molecular weight is 355 g/mol. The van der Waals surface area contributed by atoms with Gasteiger partial charge in [0.15, 0.2) is 5.75 Å². The van der Waals surface area contributed by atoms with Crippen molar-refractivity contribution in [2.75, 3.05) is 0 Å². The van der Waals surface area contributed by atoms with Crippen LogP contribution in [0.3, 0.4) is 0 Å². The lowest BCUT2D eigenvalue weighted by atomic mass is 10.2. The fraction of sp³-hybridized carbons (Fsp3) is 0.0455. The SMILES string of the molecule is Cc1ccc(OC(=O)/C=C/c2ccccc2)c(-n2nc3ccccc3n2)c1. The van der Waals surface area contributed by atoms with Crippen LogP contribution in [0.4, 0.5) is 0 Å². The van der Waals surface area contributed by atoms with Crippen LogP contribution in [0.25, 0.3) is 22.8 Å². The van der Waals surface area contributed by atoms with Gasteiger partial charge in [0.2, 0.25) is 0 Å². The Morgan fingerprint density at radius 1 is 0.926 bits per heavy atom. The van der Waals surface area contributed by atoms with Gasteiger partial charge in [-0.15, -0.1) is 15.0 Å². The van der Waals surface area contributed by atoms with E-state index >= 15 is 0 Å². The first kappa shape index (κ1) is 16.7. The smallest absolute Gasteiger partial charge is 0.336 e. The van der Waals surface area contributed by atoms with Crippen molar-refractivity contribution >= 4 is 23.1 Å². The highest BCUT2D eigenvalue weighted by Gasteiger charge is 2.13. The highest BCUT2D eigenvalue weighted by Crippen LogP contribution is 2.24. The van der Waals surface area contributed by atoms with Gasteiger partial charge in [-0.05, 0) is 48.4 Å². The molecule has 0 bridgehead atoms. The van der Waals surface area contributed by atoms with E-state index in [2.05, 4.69) is 10.2 Å². The summed E-state index contributed by atoms with van der Waals surface area (Å²) in [6.07, 6.45) is 3.13. The Morgan fingerprint density at radius 3 is 2.30 bits per heavy atom. The molecule has 0 N–H and O–H groups in total. The number of nitrogens with zero attached hydrogens (tertiary/aromatic N) is 3. The van der Waals surface area contributed by atoms with E-state index in [0.29, 0.717) is 11.4 Å². The molecule has 5 nitrogen and oxygen atoms in total. The molecule has 3 aromatic carbocycles. The third-order valence-electron chi connectivity index (χ3n) is 4.04. The number of aromatic nitrogens is 3. The second-order valence-corrected chi connectivity index (χ2v) is 6.11. The lowest BCUT2D eigenvalue weighted by molar-refractivity contribution is -0.128. The third-order valence-corrected chi connectivity index (χ3v) is 4.04. The summed E-state index contributed by atoms with van der Waals surface area (Å²) in [4.78, 5) is 13.8. The van der Waals surface area contributed by atoms with E-state index in [0.717, 1.165) is 22.2 Å². The van der Waals surface area contributed by atoms with Gasteiger partial charge in [0.25, 0.3) is 0 Å². The zero-order chi connectivity index (χ0) is 18.6. The standard InChI is InChI=1S/C22H17N3O2/c1-16-11-13-21(27-22(26)14-12-17-7-3-2-4-8-17)20(15-16)25-23-18-9-5-6-10-19(18)24-25/h2-15H,1H3/b14-12+. The molecular weight excluding hydrogens is 338 g/mol. The quantitative estimate of drug-likeness (QED) is 0.310. The van der Waals surface area contributed by atoms with Crippen LogP contribution >= 0.6 is 0 Å². The van der Waals surface area contributed by atoms with Crippen molar-refractivity contribution in [2.24, 2.45) is 0 Å². The summed E-state index contributed by atoms with van der Waals surface area (Å²) in [6, 6.07) is 22.7. The van der Waals surface area contributed by atoms with Crippen molar-refractivity contribution in [3.05, 3.63) is 90.0 Å². The maximum Gasteiger partial charge on any atom is 0.336 e. The summed E-state index contributed by atoms with van der Waals surface area (Å²) in [6.45, 7) is 1.97. The number of fused-ring (bicyclic) bond motifs is 1. The van der Waals surface area contributed by atoms with Gasteiger partial charge in [-0.3, -0.25) is 0 Å². The Kier molecular flexibility index (Phi) is 4.49. The summed E-state index contributed by atoms with van der Waals surface area (Å²) in [5.74, 6) is -0.0516. The highest BCUT2D eigenvalue weighted by atomic mass is 16.5. The maximum atomic E-state index is 12.3. The molecule has 1 heterocycles. The average Bonchev–Trinajstić information content (AvgIpc) is 3.12. The first-order valence-corrected chi connectivity index (χ1v) is 8.57. The molecule has 0 spiro atoms. The zero-order valence-electron chi connectivity index (χ0n) is 14.7. The molecule has 0 saturated heterocycles. The summed E-state index contributed by atoms with van der Waals surface area (Å²) in [7, 11) is 0. The van der Waals surface area contributed by atoms with Gasteiger partial charge in [0.1, 0.15) is 16.7 Å². The van der Waals surface area contributed by atoms with Crippen molar-refractivity contribution < 1.29 is 9.53 Å². The van der Waals surface area contributed by atoms with Crippen molar-refractivity contribution in [2.45, 2.75) is 6.92 Å². The molecule has 4 aromatic rings. The Hall–Kier alpha value is -3.73. The van der Waals surface area contributed by atoms with Gasteiger partial charge >= 0.3 is 5.97 Å². The first-order valence-electron chi connectivity index (χ1n) is 8.57. The number of hydrogen-bond donors (Lipinski definition) is 0. The molecule has 0 saturated carbocycles. The fourth-order valence-corrected chi connectivity index (χ4v) is 2.71. The first-order chi connectivity index (χ1) is 13.2. The van der Waals surface area contributed by atoms with Crippen molar-refractivity contribution in [3.8, 4) is 11.4 Å². The molecule has 5 heteroatoms. The minimum atomic E-state index is -0.458. The van der Waals surface area contributed by atoms with Gasteiger partial charge < -0.3 is 4.74 Å². The third kappa shape index (κ3) is 3.77. The molecule has 4 rings (SSSR count). The second-order valence-electron chi connectivity index (χ2n) is 6.11. The molecule has 0 radical (unpaired) electrons. The number of carbonyl (C=O) groups excluding carboxylic acids is 1. The Balaban J connectivity index is 1.63. The highest BCUT2D eigenvalue weighted by molar-refractivity contribution is 5.89. The number of aryl methyl sites for hydroxylation is 1. The number of esters is 1. The molecule has 0 atom stereocenters. The molecule has 0 amide bonds. The van der Waals surface area contributed by atoms with Crippen LogP contribution in [-0.2, 0) is 4.79 Å². The van der Waals surface area contributed by atoms with Gasteiger partial charge in [0.05, 0.1) is 0 Å². The van der Waals surface area contributed by atoms with Gasteiger partial charge in [-0.1, -0.05) is 48.5 Å². The van der Waals surface area contributed by atoms with Crippen molar-refractivity contribution in [3.63, 3.8) is 0 Å². The molecule has 0 aliphatic rings. The lowest BCUT2D eigenvalue weighted by Gasteiger charge is -2.09. The second kappa shape index (κ2) is 7.25. The van der Waals surface area contributed by atoms with E-state index in [1.165, 1.54) is 10.9 Å². The van der Waals surface area contributed by atoms with Crippen molar-refractivity contribution in [1.29, 1.82) is 0 Å². The van der Waals surface area contributed by atoms with E-state index in [9.17, 15) is 4.79 Å². The van der Waals surface area contributed by atoms with E-state index in [1.54, 1.807) is 12.1 Å². The summed E-state index contributed by atoms with van der Waals surface area (Å²) < 4.78 is 5.55. The predicted molar refractivity (Wildman–Crippen MR) is 105 cm³/mol. The topological polar surface area (TPSA) is 57.0 Å². The molecule has 0 aliphatic heterocycles. The molecule has 27 heavy (non-hydrogen) atoms. The predicted octanol–water partition coefficient (Wildman–Crippen LogP) is 4.35. The van der Waals surface area contributed by atoms with Crippen LogP contribution in [0.1, 0.15) is 11.1 Å². The monoisotopic (exact) mass is 355 g/mol. The molecule has 0 aliphatic carbocycles. The van der Waals surface area contributed by atoms with Crippen LogP contribution in [-0.4, -0.2) is 21.0 Å². The summed E-state index contributed by atoms with van der Waals surface area (Å²) in [5, 5.41) is 8.96. The van der Waals surface area contributed by atoms with Crippen LogP contribution < -0.4 is 4.74 Å². The van der Waals surface area contributed by atoms with E-state index in [-0.39, 0.29) is 0 Å². The Labute approximate surface area is 156 Å². The van der Waals surface area contributed by atoms with E-state index in [4.69, 9.17) is 4.74 Å². The lowest BCUT2D eigenvalue weighted by Crippen LogP contribution is -2.08. The van der Waals surface area contributed by atoms with Gasteiger partial charge in [-0.2, -0.15) is 0 Å². The normalized spacial score (nSPS) is 11.1. The van der Waals surface area contributed by atoms with Gasteiger partial charge in [0, 0.05) is 6.08 Å². The fourth-order valence-electron chi connectivity index (χ4n) is 2.71. The number of rotatable bonds is 4. The van der Waals surface area contributed by atoms with Crippen LogP contribution in [0.15, 0.2) is 78.9 Å². The van der Waals surface area contributed by atoms with E-state index in [1.807, 2.05) is 73.7 Å². The number of benzene rings is 3. The molecular formula is C22H17N3O2. The molecule has 132 valence electrons. The van der Waals surface area contributed by atoms with Crippen LogP contribution in [0, 0.1) is 6.92 Å². The van der Waals surface area contributed by atoms with Crippen molar-refractivity contribution in [1.82, 2.24) is 15.0 Å². The van der Waals surface area contributed by atoms with Gasteiger partial charge in [-0.25, -0.2) is 4.79 Å². The zero-order valence-corrected chi connectivity index (χ0v) is 14.7. The molecule has 0 fully saturated rings. The van der Waals surface area contributed by atoms with Crippen LogP contribution in [0.2, 0.25) is 0 Å². The molecule has 0 unspecified atom stereocenters. The summed E-state index contributed by atoms with van der Waals surface area (Å²) >= 11 is 0. The number of carbonyl (C=O) groups is 1. The number of hydrogen-bond acceptors (Lipinski definition) is 4. The molecule has 1 aromatic heterocycles. The number of ether oxygens (including phenoxy) is 1. The minimum Gasteiger partial charge on any atom is -0.421 e. The largest absolute Gasteiger partial charge is 0.421 e. The Bertz CT molecular complexity index is 1100.